The third kappa shape index (κ3) is 4.29. The summed E-state index contributed by atoms with van der Waals surface area (Å²) >= 11 is 11.8. The van der Waals surface area contributed by atoms with Gasteiger partial charge in [-0.3, -0.25) is 4.79 Å². The molecule has 0 spiro atoms. The van der Waals surface area contributed by atoms with Gasteiger partial charge in [0.2, 0.25) is 0 Å². The van der Waals surface area contributed by atoms with E-state index in [-0.39, 0.29) is 5.91 Å². The maximum Gasteiger partial charge on any atom is 0.265 e. The molecule has 0 saturated heterocycles. The zero-order valence-electron chi connectivity index (χ0n) is 12.1. The molecule has 4 nitrogen and oxygen atoms in total. The average Bonchev–Trinajstić information content (AvgIpc) is 2.50. The molecule has 0 bridgehead atoms. The lowest BCUT2D eigenvalue weighted by molar-refractivity contribution is -0.122. The van der Waals surface area contributed by atoms with Crippen LogP contribution in [0.4, 0.5) is 5.69 Å². The van der Waals surface area contributed by atoms with Gasteiger partial charge in [-0.15, -0.1) is 0 Å². The van der Waals surface area contributed by atoms with Gasteiger partial charge in [0.1, 0.15) is 11.5 Å². The summed E-state index contributed by atoms with van der Waals surface area (Å²) in [5.41, 5.74) is 0.483. The van der Waals surface area contributed by atoms with Crippen molar-refractivity contribution in [1.82, 2.24) is 0 Å². The van der Waals surface area contributed by atoms with Gasteiger partial charge in [-0.1, -0.05) is 29.3 Å². The summed E-state index contributed by atoms with van der Waals surface area (Å²) in [4.78, 5) is 12.1. The molecule has 2 aromatic rings. The number of rotatable bonds is 5. The number of ether oxygens (including phenoxy) is 2. The first-order chi connectivity index (χ1) is 10.5. The van der Waals surface area contributed by atoms with Crippen LogP contribution in [0.2, 0.25) is 10.0 Å². The third-order valence-electron chi connectivity index (χ3n) is 2.91. The molecule has 0 radical (unpaired) electrons. The van der Waals surface area contributed by atoms with Gasteiger partial charge >= 0.3 is 0 Å². The van der Waals surface area contributed by atoms with Crippen molar-refractivity contribution in [2.24, 2.45) is 0 Å². The van der Waals surface area contributed by atoms with E-state index in [9.17, 15) is 4.79 Å². The van der Waals surface area contributed by atoms with Gasteiger partial charge in [0.25, 0.3) is 5.91 Å². The highest BCUT2D eigenvalue weighted by molar-refractivity contribution is 6.36. The van der Waals surface area contributed by atoms with E-state index in [0.717, 1.165) is 0 Å². The zero-order valence-corrected chi connectivity index (χ0v) is 13.6. The maximum absolute atomic E-state index is 12.1. The molecule has 2 aromatic carbocycles. The van der Waals surface area contributed by atoms with Gasteiger partial charge in [-0.05, 0) is 37.3 Å². The number of anilines is 1. The summed E-state index contributed by atoms with van der Waals surface area (Å²) in [6.07, 6.45) is -0.696. The van der Waals surface area contributed by atoms with Crippen LogP contribution in [0.5, 0.6) is 11.5 Å². The van der Waals surface area contributed by atoms with Crippen LogP contribution in [0, 0.1) is 0 Å². The van der Waals surface area contributed by atoms with E-state index >= 15 is 0 Å². The normalized spacial score (nSPS) is 11.6. The minimum Gasteiger partial charge on any atom is -0.497 e. The van der Waals surface area contributed by atoms with Crippen molar-refractivity contribution in [3.63, 3.8) is 0 Å². The van der Waals surface area contributed by atoms with Gasteiger partial charge in [-0.25, -0.2) is 0 Å². The molecular weight excluding hydrogens is 325 g/mol. The monoisotopic (exact) mass is 339 g/mol. The molecule has 0 aliphatic heterocycles. The first-order valence-electron chi connectivity index (χ1n) is 6.56. The summed E-state index contributed by atoms with van der Waals surface area (Å²) < 4.78 is 10.7. The lowest BCUT2D eigenvalue weighted by Gasteiger charge is -2.16. The van der Waals surface area contributed by atoms with Crippen LogP contribution in [0.25, 0.3) is 0 Å². The molecule has 0 aliphatic carbocycles. The van der Waals surface area contributed by atoms with Crippen molar-refractivity contribution in [1.29, 1.82) is 0 Å². The summed E-state index contributed by atoms with van der Waals surface area (Å²) in [6, 6.07) is 11.9. The highest BCUT2D eigenvalue weighted by Gasteiger charge is 2.16. The fraction of sp³-hybridized carbons (Fsp3) is 0.188. The maximum atomic E-state index is 12.1. The standard InChI is InChI=1S/C16H15Cl2NO3/c1-10(22-13-5-3-4-12(9-13)21-2)16(20)19-15-7-6-11(17)8-14(15)18/h3-10H,1-2H3,(H,19,20)/t10-/m1/s1. The Bertz CT molecular complexity index is 676. The van der Waals surface area contributed by atoms with Crippen LogP contribution < -0.4 is 14.8 Å². The molecule has 1 amide bonds. The number of hydrogen-bond acceptors (Lipinski definition) is 3. The molecule has 116 valence electrons. The van der Waals surface area contributed by atoms with E-state index in [1.807, 2.05) is 0 Å². The second kappa shape index (κ2) is 7.38. The Balaban J connectivity index is 2.02. The second-order valence-electron chi connectivity index (χ2n) is 4.55. The first kappa shape index (κ1) is 16.5. The van der Waals surface area contributed by atoms with Crippen molar-refractivity contribution < 1.29 is 14.3 Å². The summed E-state index contributed by atoms with van der Waals surface area (Å²) in [7, 11) is 1.57. The average molecular weight is 340 g/mol. The van der Waals surface area contributed by atoms with E-state index in [1.165, 1.54) is 0 Å². The zero-order chi connectivity index (χ0) is 16.1. The van der Waals surface area contributed by atoms with Gasteiger partial charge < -0.3 is 14.8 Å². The Morgan fingerprint density at radius 2 is 1.86 bits per heavy atom. The van der Waals surface area contributed by atoms with E-state index in [0.29, 0.717) is 27.2 Å². The SMILES string of the molecule is COc1cccc(O[C@H](C)C(=O)Nc2ccc(Cl)cc2Cl)c1. The smallest absolute Gasteiger partial charge is 0.265 e. The van der Waals surface area contributed by atoms with Crippen molar-refractivity contribution in [2.45, 2.75) is 13.0 Å². The molecule has 2 rings (SSSR count). The molecule has 1 atom stereocenters. The molecule has 0 heterocycles. The number of carbonyl (C=O) groups excluding carboxylic acids is 1. The largest absolute Gasteiger partial charge is 0.497 e. The minimum absolute atomic E-state index is 0.313. The van der Waals surface area contributed by atoms with Crippen LogP contribution in [-0.2, 0) is 4.79 Å². The molecule has 0 fully saturated rings. The van der Waals surface area contributed by atoms with Gasteiger partial charge in [-0.2, -0.15) is 0 Å². The lowest BCUT2D eigenvalue weighted by atomic mass is 10.3. The molecule has 22 heavy (non-hydrogen) atoms. The minimum atomic E-state index is -0.696. The first-order valence-corrected chi connectivity index (χ1v) is 7.32. The molecule has 6 heteroatoms. The molecular formula is C16H15Cl2NO3. The van der Waals surface area contributed by atoms with E-state index in [2.05, 4.69) is 5.32 Å². The second-order valence-corrected chi connectivity index (χ2v) is 5.40. The summed E-state index contributed by atoms with van der Waals surface area (Å²) in [5, 5.41) is 3.57. The number of carbonyl (C=O) groups is 1. The number of halogens is 2. The highest BCUT2D eigenvalue weighted by atomic mass is 35.5. The third-order valence-corrected chi connectivity index (χ3v) is 3.46. The Kier molecular flexibility index (Phi) is 5.52. The lowest BCUT2D eigenvalue weighted by Crippen LogP contribution is -2.30. The Morgan fingerprint density at radius 1 is 1.14 bits per heavy atom. The van der Waals surface area contributed by atoms with Crippen molar-refractivity contribution in [2.75, 3.05) is 12.4 Å². The van der Waals surface area contributed by atoms with Crippen LogP contribution in [0.15, 0.2) is 42.5 Å². The van der Waals surface area contributed by atoms with Crippen LogP contribution in [0.3, 0.4) is 0 Å². The molecule has 0 aliphatic rings. The predicted molar refractivity (Wildman–Crippen MR) is 88.2 cm³/mol. The predicted octanol–water partition coefficient (Wildman–Crippen LogP) is 4.41. The molecule has 0 saturated carbocycles. The van der Waals surface area contributed by atoms with Crippen molar-refractivity contribution in [3.05, 3.63) is 52.5 Å². The summed E-state index contributed by atoms with van der Waals surface area (Å²) in [6.45, 7) is 1.65. The van der Waals surface area contributed by atoms with E-state index in [1.54, 1.807) is 56.5 Å². The Hall–Kier alpha value is -1.91. The van der Waals surface area contributed by atoms with Crippen LogP contribution in [0.1, 0.15) is 6.92 Å². The quantitative estimate of drug-likeness (QED) is 0.877. The fourth-order valence-electron chi connectivity index (χ4n) is 1.76. The van der Waals surface area contributed by atoms with Crippen LogP contribution in [-0.4, -0.2) is 19.1 Å². The number of amides is 1. The number of methoxy groups -OCH3 is 1. The van der Waals surface area contributed by atoms with Crippen LogP contribution >= 0.6 is 23.2 Å². The van der Waals surface area contributed by atoms with Gasteiger partial charge in [0, 0.05) is 11.1 Å². The molecule has 0 unspecified atom stereocenters. The topological polar surface area (TPSA) is 47.6 Å². The van der Waals surface area contributed by atoms with E-state index in [4.69, 9.17) is 32.7 Å². The summed E-state index contributed by atoms with van der Waals surface area (Å²) in [5.74, 6) is 0.891. The molecule has 0 aromatic heterocycles. The number of benzene rings is 2. The Morgan fingerprint density at radius 3 is 2.55 bits per heavy atom. The van der Waals surface area contributed by atoms with Crippen molar-refractivity contribution >= 4 is 34.8 Å². The van der Waals surface area contributed by atoms with Crippen molar-refractivity contribution in [3.8, 4) is 11.5 Å². The highest BCUT2D eigenvalue weighted by Crippen LogP contribution is 2.26. The fourth-order valence-corrected chi connectivity index (χ4v) is 2.21. The number of hydrogen-bond donors (Lipinski definition) is 1. The van der Waals surface area contributed by atoms with E-state index < -0.39 is 6.10 Å². The van der Waals surface area contributed by atoms with Gasteiger partial charge in [0.15, 0.2) is 6.10 Å². The van der Waals surface area contributed by atoms with Gasteiger partial charge in [0.05, 0.1) is 17.8 Å². The molecule has 1 N–H and O–H groups in total. The number of nitrogens with one attached hydrogen (secondary N) is 1. The Labute approximate surface area is 138 Å².